The van der Waals surface area contributed by atoms with E-state index in [1.54, 1.807) is 42.1 Å². The van der Waals surface area contributed by atoms with Crippen molar-refractivity contribution in [3.8, 4) is 0 Å². The number of aryl methyl sites for hydroxylation is 1. The van der Waals surface area contributed by atoms with Gasteiger partial charge in [-0.15, -0.1) is 0 Å². The Morgan fingerprint density at radius 2 is 2.00 bits per heavy atom. The van der Waals surface area contributed by atoms with Gasteiger partial charge in [-0.05, 0) is 37.5 Å². The first-order valence-corrected chi connectivity index (χ1v) is 9.13. The van der Waals surface area contributed by atoms with Gasteiger partial charge in [-0.25, -0.2) is 0 Å². The molecule has 138 valence electrons. The highest BCUT2D eigenvalue weighted by Gasteiger charge is 2.25. The number of hydrogen-bond donors (Lipinski definition) is 2. The Kier molecular flexibility index (Phi) is 5.40. The second kappa shape index (κ2) is 7.72. The smallest absolute Gasteiger partial charge is 0.310 e. The van der Waals surface area contributed by atoms with Crippen LogP contribution < -0.4 is 5.32 Å². The fourth-order valence-electron chi connectivity index (χ4n) is 3.58. The van der Waals surface area contributed by atoms with Crippen molar-refractivity contribution in [1.82, 2.24) is 9.78 Å². The molecule has 0 bridgehead atoms. The van der Waals surface area contributed by atoms with Gasteiger partial charge >= 0.3 is 5.97 Å². The van der Waals surface area contributed by atoms with Gasteiger partial charge in [-0.1, -0.05) is 31.4 Å². The van der Waals surface area contributed by atoms with Crippen LogP contribution in [0.2, 0.25) is 0 Å². The predicted molar refractivity (Wildman–Crippen MR) is 99.5 cm³/mol. The lowest BCUT2D eigenvalue weighted by atomic mass is 9.85. The van der Waals surface area contributed by atoms with E-state index >= 15 is 0 Å². The number of carboxylic acids is 1. The Balaban J connectivity index is 1.80. The van der Waals surface area contributed by atoms with Crippen LogP contribution in [-0.2, 0) is 11.8 Å². The van der Waals surface area contributed by atoms with E-state index in [0.29, 0.717) is 22.7 Å². The van der Waals surface area contributed by atoms with Crippen LogP contribution in [0.15, 0.2) is 30.5 Å². The van der Waals surface area contributed by atoms with Crippen LogP contribution in [0.5, 0.6) is 0 Å². The van der Waals surface area contributed by atoms with E-state index < -0.39 is 11.9 Å². The van der Waals surface area contributed by atoms with Crippen molar-refractivity contribution >= 4 is 17.6 Å². The molecule has 1 heterocycles. The summed E-state index contributed by atoms with van der Waals surface area (Å²) in [5.41, 5.74) is 2.74. The lowest BCUT2D eigenvalue weighted by Gasteiger charge is -2.20. The Bertz CT molecular complexity index is 806. The first-order chi connectivity index (χ1) is 12.5. The lowest BCUT2D eigenvalue weighted by Crippen LogP contribution is -2.16. The van der Waals surface area contributed by atoms with Crippen molar-refractivity contribution in [1.29, 1.82) is 0 Å². The Hall–Kier alpha value is -2.63. The van der Waals surface area contributed by atoms with Gasteiger partial charge in [0.2, 0.25) is 0 Å². The number of carbonyl (C=O) groups is 2. The highest BCUT2D eigenvalue weighted by molar-refractivity contribution is 6.05. The van der Waals surface area contributed by atoms with E-state index in [-0.39, 0.29) is 5.91 Å². The number of aromatic nitrogens is 2. The standard InChI is InChI=1S/C20H25N3O3/c1-13(20(25)26)15-9-6-10-16(11-15)21-19(24)17-12-23(2)22-18(17)14-7-4-3-5-8-14/h6,9-14H,3-5,7-8H2,1-2H3,(H,21,24)(H,25,26). The molecular weight excluding hydrogens is 330 g/mol. The summed E-state index contributed by atoms with van der Waals surface area (Å²) in [6.45, 7) is 1.63. The number of anilines is 1. The van der Waals surface area contributed by atoms with Crippen LogP contribution in [0.25, 0.3) is 0 Å². The van der Waals surface area contributed by atoms with Crippen molar-refractivity contribution in [2.45, 2.75) is 50.9 Å². The van der Waals surface area contributed by atoms with Gasteiger partial charge in [0.1, 0.15) is 0 Å². The number of rotatable bonds is 5. The van der Waals surface area contributed by atoms with Crippen LogP contribution in [0.1, 0.15) is 72.5 Å². The SMILES string of the molecule is CC(C(=O)O)c1cccc(NC(=O)c2cn(C)nc2C2CCCCC2)c1. The van der Waals surface area contributed by atoms with Crippen molar-refractivity contribution in [3.63, 3.8) is 0 Å². The van der Waals surface area contributed by atoms with E-state index in [1.807, 2.05) is 7.05 Å². The largest absolute Gasteiger partial charge is 0.481 e. The number of hydrogen-bond acceptors (Lipinski definition) is 3. The Morgan fingerprint density at radius 3 is 2.69 bits per heavy atom. The summed E-state index contributed by atoms with van der Waals surface area (Å²) in [4.78, 5) is 24.0. The molecule has 1 amide bonds. The van der Waals surface area contributed by atoms with E-state index in [0.717, 1.165) is 18.5 Å². The quantitative estimate of drug-likeness (QED) is 0.852. The molecule has 26 heavy (non-hydrogen) atoms. The topological polar surface area (TPSA) is 84.2 Å². The second-order valence-corrected chi connectivity index (χ2v) is 7.08. The molecule has 0 saturated heterocycles. The van der Waals surface area contributed by atoms with Crippen LogP contribution >= 0.6 is 0 Å². The molecular formula is C20H25N3O3. The predicted octanol–water partition coefficient (Wildman–Crippen LogP) is 3.91. The summed E-state index contributed by atoms with van der Waals surface area (Å²) < 4.78 is 1.70. The third-order valence-corrected chi connectivity index (χ3v) is 5.11. The lowest BCUT2D eigenvalue weighted by molar-refractivity contribution is -0.138. The molecule has 1 atom stereocenters. The normalized spacial score (nSPS) is 16.2. The summed E-state index contributed by atoms with van der Waals surface area (Å²) in [6, 6.07) is 7.00. The Labute approximate surface area is 153 Å². The molecule has 1 saturated carbocycles. The van der Waals surface area contributed by atoms with E-state index in [2.05, 4.69) is 10.4 Å². The number of nitrogens with one attached hydrogen (secondary N) is 1. The minimum atomic E-state index is -0.889. The van der Waals surface area contributed by atoms with Gasteiger partial charge < -0.3 is 10.4 Å². The second-order valence-electron chi connectivity index (χ2n) is 7.08. The maximum atomic E-state index is 12.8. The molecule has 3 rings (SSSR count). The highest BCUT2D eigenvalue weighted by Crippen LogP contribution is 2.33. The number of carbonyl (C=O) groups excluding carboxylic acids is 1. The van der Waals surface area contributed by atoms with Gasteiger partial charge in [-0.3, -0.25) is 14.3 Å². The fraction of sp³-hybridized carbons (Fsp3) is 0.450. The molecule has 6 nitrogen and oxygen atoms in total. The number of carboxylic acid groups (broad SMARTS) is 1. The fourth-order valence-corrected chi connectivity index (χ4v) is 3.58. The summed E-state index contributed by atoms with van der Waals surface area (Å²) in [5, 5.41) is 16.6. The van der Waals surface area contributed by atoms with Crippen molar-refractivity contribution in [2.75, 3.05) is 5.32 Å². The minimum Gasteiger partial charge on any atom is -0.481 e. The molecule has 1 fully saturated rings. The Morgan fingerprint density at radius 1 is 1.27 bits per heavy atom. The average molecular weight is 355 g/mol. The van der Waals surface area contributed by atoms with Gasteiger partial charge in [0, 0.05) is 24.8 Å². The highest BCUT2D eigenvalue weighted by atomic mass is 16.4. The van der Waals surface area contributed by atoms with Crippen molar-refractivity contribution < 1.29 is 14.7 Å². The molecule has 0 spiro atoms. The minimum absolute atomic E-state index is 0.196. The third-order valence-electron chi connectivity index (χ3n) is 5.11. The van der Waals surface area contributed by atoms with Gasteiger partial charge in [0.25, 0.3) is 5.91 Å². The van der Waals surface area contributed by atoms with Crippen LogP contribution in [0.3, 0.4) is 0 Å². The average Bonchev–Trinajstić information content (AvgIpc) is 3.04. The van der Waals surface area contributed by atoms with Crippen LogP contribution in [0, 0.1) is 0 Å². The molecule has 0 aliphatic heterocycles. The first kappa shape index (κ1) is 18.2. The summed E-state index contributed by atoms with van der Waals surface area (Å²) >= 11 is 0. The van der Waals surface area contributed by atoms with Crippen LogP contribution in [-0.4, -0.2) is 26.8 Å². The van der Waals surface area contributed by atoms with E-state index in [4.69, 9.17) is 0 Å². The van der Waals surface area contributed by atoms with E-state index in [1.165, 1.54) is 19.3 Å². The van der Waals surface area contributed by atoms with E-state index in [9.17, 15) is 14.7 Å². The molecule has 0 radical (unpaired) electrons. The molecule has 1 aliphatic carbocycles. The zero-order valence-corrected chi connectivity index (χ0v) is 15.2. The van der Waals surface area contributed by atoms with Gasteiger partial charge in [0.05, 0.1) is 17.2 Å². The third kappa shape index (κ3) is 3.95. The molecule has 1 aromatic carbocycles. The molecule has 1 unspecified atom stereocenters. The molecule has 1 aromatic heterocycles. The van der Waals surface area contributed by atoms with Gasteiger partial charge in [0.15, 0.2) is 0 Å². The number of amides is 1. The molecule has 2 N–H and O–H groups in total. The summed E-state index contributed by atoms with van der Waals surface area (Å²) in [7, 11) is 1.83. The maximum absolute atomic E-state index is 12.8. The number of aliphatic carboxylic acids is 1. The van der Waals surface area contributed by atoms with Crippen LogP contribution in [0.4, 0.5) is 5.69 Å². The molecule has 1 aliphatic rings. The van der Waals surface area contributed by atoms with Crippen molar-refractivity contribution in [2.24, 2.45) is 7.05 Å². The first-order valence-electron chi connectivity index (χ1n) is 9.13. The number of nitrogens with zero attached hydrogens (tertiary/aromatic N) is 2. The maximum Gasteiger partial charge on any atom is 0.310 e. The number of benzene rings is 1. The molecule has 6 heteroatoms. The summed E-state index contributed by atoms with van der Waals surface area (Å²) in [5.74, 6) is -1.37. The van der Waals surface area contributed by atoms with Gasteiger partial charge in [-0.2, -0.15) is 5.10 Å². The summed E-state index contributed by atoms with van der Waals surface area (Å²) in [6.07, 6.45) is 7.52. The zero-order chi connectivity index (χ0) is 18.7. The zero-order valence-electron chi connectivity index (χ0n) is 15.2. The van der Waals surface area contributed by atoms with Crippen molar-refractivity contribution in [3.05, 3.63) is 47.3 Å². The molecule has 2 aromatic rings. The monoisotopic (exact) mass is 355 g/mol.